The van der Waals surface area contributed by atoms with E-state index in [1.165, 1.54) is 6.07 Å². The minimum atomic E-state index is -4.42. The number of benzene rings is 1. The van der Waals surface area contributed by atoms with Gasteiger partial charge >= 0.3 is 6.18 Å². The molecule has 1 atom stereocenters. The van der Waals surface area contributed by atoms with Crippen LogP contribution in [0.1, 0.15) is 25.0 Å². The highest BCUT2D eigenvalue weighted by Gasteiger charge is 2.31. The molecule has 1 rings (SSSR count). The molecule has 0 heterocycles. The van der Waals surface area contributed by atoms with Gasteiger partial charge in [-0.1, -0.05) is 12.2 Å². The van der Waals surface area contributed by atoms with Crippen molar-refractivity contribution in [2.75, 3.05) is 18.5 Å². The van der Waals surface area contributed by atoms with Gasteiger partial charge in [0.15, 0.2) is 0 Å². The molecule has 1 unspecified atom stereocenters. The summed E-state index contributed by atoms with van der Waals surface area (Å²) in [5.41, 5.74) is 5.36. The molecule has 0 spiro atoms. The first kappa shape index (κ1) is 16.7. The summed E-state index contributed by atoms with van der Waals surface area (Å²) in [5.74, 6) is 0. The van der Waals surface area contributed by atoms with Gasteiger partial charge in [-0.3, -0.25) is 0 Å². The number of ether oxygens (including phenoxy) is 1. The highest BCUT2D eigenvalue weighted by Crippen LogP contribution is 2.31. The first-order valence-corrected chi connectivity index (χ1v) is 6.53. The van der Waals surface area contributed by atoms with Crippen molar-refractivity contribution in [3.8, 4) is 0 Å². The minimum absolute atomic E-state index is 0.0681. The van der Waals surface area contributed by atoms with E-state index >= 15 is 0 Å². The molecule has 1 aromatic rings. The molecular formula is C13H17F3N2OS. The Morgan fingerprint density at radius 2 is 2.10 bits per heavy atom. The zero-order chi connectivity index (χ0) is 15.3. The second kappa shape index (κ2) is 6.90. The smallest absolute Gasteiger partial charge is 0.389 e. The lowest BCUT2D eigenvalue weighted by atomic mass is 10.1. The van der Waals surface area contributed by atoms with Crippen molar-refractivity contribution in [2.45, 2.75) is 26.1 Å². The van der Waals surface area contributed by atoms with Crippen LogP contribution < -0.4 is 11.1 Å². The lowest BCUT2D eigenvalue weighted by Gasteiger charge is -2.17. The van der Waals surface area contributed by atoms with Crippen molar-refractivity contribution in [3.63, 3.8) is 0 Å². The Morgan fingerprint density at radius 1 is 1.45 bits per heavy atom. The number of rotatable bonds is 6. The number of nitrogens with one attached hydrogen (secondary N) is 1. The van der Waals surface area contributed by atoms with Gasteiger partial charge in [-0.25, -0.2) is 0 Å². The Bertz CT molecular complexity index is 477. The molecule has 0 fully saturated rings. The van der Waals surface area contributed by atoms with E-state index in [2.05, 4.69) is 5.32 Å². The number of hydrogen-bond donors (Lipinski definition) is 2. The van der Waals surface area contributed by atoms with Gasteiger partial charge in [-0.2, -0.15) is 13.2 Å². The third-order valence-corrected chi connectivity index (χ3v) is 2.86. The molecule has 0 amide bonds. The third-order valence-electron chi connectivity index (χ3n) is 2.64. The standard InChI is InChI=1S/C13H17F3N2OS/c1-3-19-8(2)7-18-11-5-4-9(13(14,15)16)6-10(11)12(17)20/h4-6,8,18H,3,7H2,1-2H3,(H2,17,20). The normalized spacial score (nSPS) is 13.1. The molecule has 3 nitrogen and oxygen atoms in total. The predicted octanol–water partition coefficient (Wildman–Crippen LogP) is 3.18. The van der Waals surface area contributed by atoms with Gasteiger partial charge < -0.3 is 15.8 Å². The van der Waals surface area contributed by atoms with Gasteiger partial charge in [-0.15, -0.1) is 0 Å². The molecule has 0 aliphatic heterocycles. The second-order valence-electron chi connectivity index (χ2n) is 4.27. The average Bonchev–Trinajstić information content (AvgIpc) is 2.35. The van der Waals surface area contributed by atoms with Crippen LogP contribution in [0.25, 0.3) is 0 Å². The highest BCUT2D eigenvalue weighted by molar-refractivity contribution is 7.80. The lowest BCUT2D eigenvalue weighted by Crippen LogP contribution is -2.22. The maximum Gasteiger partial charge on any atom is 0.416 e. The van der Waals surface area contributed by atoms with Crippen LogP contribution in [0.4, 0.5) is 18.9 Å². The van der Waals surface area contributed by atoms with E-state index in [1.54, 1.807) is 0 Å². The summed E-state index contributed by atoms with van der Waals surface area (Å²) >= 11 is 4.80. The third kappa shape index (κ3) is 4.64. The monoisotopic (exact) mass is 306 g/mol. The molecule has 1 aromatic carbocycles. The van der Waals surface area contributed by atoms with E-state index in [0.29, 0.717) is 18.8 Å². The van der Waals surface area contributed by atoms with Crippen LogP contribution in [0.2, 0.25) is 0 Å². The summed E-state index contributed by atoms with van der Waals surface area (Å²) in [6.07, 6.45) is -4.49. The van der Waals surface area contributed by atoms with Crippen molar-refractivity contribution in [1.82, 2.24) is 0 Å². The highest BCUT2D eigenvalue weighted by atomic mass is 32.1. The maximum absolute atomic E-state index is 12.7. The van der Waals surface area contributed by atoms with Crippen LogP contribution >= 0.6 is 12.2 Å². The lowest BCUT2D eigenvalue weighted by molar-refractivity contribution is -0.137. The SMILES string of the molecule is CCOC(C)CNc1ccc(C(F)(F)F)cc1C(N)=S. The fourth-order valence-corrected chi connectivity index (χ4v) is 1.84. The van der Waals surface area contributed by atoms with Gasteiger partial charge in [0.05, 0.1) is 11.7 Å². The van der Waals surface area contributed by atoms with E-state index < -0.39 is 11.7 Å². The number of hydrogen-bond acceptors (Lipinski definition) is 3. The van der Waals surface area contributed by atoms with Crippen molar-refractivity contribution in [2.24, 2.45) is 5.73 Å². The number of nitrogens with two attached hydrogens (primary N) is 1. The molecule has 0 aromatic heterocycles. The van der Waals surface area contributed by atoms with Crippen molar-refractivity contribution >= 4 is 22.9 Å². The predicted molar refractivity (Wildman–Crippen MR) is 76.9 cm³/mol. The van der Waals surface area contributed by atoms with Gasteiger partial charge in [-0.05, 0) is 32.0 Å². The average molecular weight is 306 g/mol. The first-order valence-electron chi connectivity index (χ1n) is 6.12. The number of thiocarbonyl (C=S) groups is 1. The fourth-order valence-electron chi connectivity index (χ4n) is 1.68. The molecule has 0 radical (unpaired) electrons. The minimum Gasteiger partial charge on any atom is -0.389 e. The quantitative estimate of drug-likeness (QED) is 0.793. The zero-order valence-corrected chi connectivity index (χ0v) is 12.1. The van der Waals surface area contributed by atoms with Crippen LogP contribution in [0.15, 0.2) is 18.2 Å². The van der Waals surface area contributed by atoms with E-state index in [0.717, 1.165) is 12.1 Å². The van der Waals surface area contributed by atoms with Gasteiger partial charge in [0, 0.05) is 24.4 Å². The topological polar surface area (TPSA) is 47.3 Å². The molecule has 20 heavy (non-hydrogen) atoms. The Labute approximate surface area is 121 Å². The van der Waals surface area contributed by atoms with Crippen LogP contribution in [0.3, 0.4) is 0 Å². The Kier molecular flexibility index (Phi) is 5.76. The fraction of sp³-hybridized carbons (Fsp3) is 0.462. The van der Waals surface area contributed by atoms with Crippen LogP contribution in [-0.2, 0) is 10.9 Å². The van der Waals surface area contributed by atoms with Gasteiger partial charge in [0.1, 0.15) is 4.99 Å². The molecule has 0 bridgehead atoms. The van der Waals surface area contributed by atoms with E-state index in [1.807, 2.05) is 13.8 Å². The van der Waals surface area contributed by atoms with Crippen molar-refractivity contribution < 1.29 is 17.9 Å². The largest absolute Gasteiger partial charge is 0.416 e. The molecule has 7 heteroatoms. The van der Waals surface area contributed by atoms with Crippen molar-refractivity contribution in [1.29, 1.82) is 0 Å². The van der Waals surface area contributed by atoms with E-state index in [9.17, 15) is 13.2 Å². The summed E-state index contributed by atoms with van der Waals surface area (Å²) in [6.45, 7) is 4.75. The summed E-state index contributed by atoms with van der Waals surface area (Å²) in [7, 11) is 0. The van der Waals surface area contributed by atoms with Crippen molar-refractivity contribution in [3.05, 3.63) is 29.3 Å². The summed E-state index contributed by atoms with van der Waals surface area (Å²) in [5, 5.41) is 3.00. The van der Waals surface area contributed by atoms with Gasteiger partial charge in [0.2, 0.25) is 0 Å². The Hall–Kier alpha value is -1.34. The van der Waals surface area contributed by atoms with Gasteiger partial charge in [0.25, 0.3) is 0 Å². The summed E-state index contributed by atoms with van der Waals surface area (Å²) < 4.78 is 43.3. The zero-order valence-electron chi connectivity index (χ0n) is 11.3. The van der Waals surface area contributed by atoms with Crippen LogP contribution in [0.5, 0.6) is 0 Å². The first-order chi connectivity index (χ1) is 9.25. The van der Waals surface area contributed by atoms with E-state index in [4.69, 9.17) is 22.7 Å². The molecule has 3 N–H and O–H groups in total. The Morgan fingerprint density at radius 3 is 2.60 bits per heavy atom. The maximum atomic E-state index is 12.7. The summed E-state index contributed by atoms with van der Waals surface area (Å²) in [4.78, 5) is -0.0809. The van der Waals surface area contributed by atoms with Crippen LogP contribution in [-0.4, -0.2) is 24.2 Å². The molecular weight excluding hydrogens is 289 g/mol. The number of halogens is 3. The molecule has 0 aliphatic carbocycles. The molecule has 0 saturated carbocycles. The van der Waals surface area contributed by atoms with Crippen LogP contribution in [0, 0.1) is 0 Å². The van der Waals surface area contributed by atoms with E-state index in [-0.39, 0.29) is 16.7 Å². The molecule has 0 aliphatic rings. The number of anilines is 1. The molecule has 0 saturated heterocycles. The second-order valence-corrected chi connectivity index (χ2v) is 4.71. The summed E-state index contributed by atoms with van der Waals surface area (Å²) in [6, 6.07) is 3.28. The Balaban J connectivity index is 2.94. The molecule has 112 valence electrons. The number of alkyl halides is 3.